The first-order chi connectivity index (χ1) is 7.11. The van der Waals surface area contributed by atoms with E-state index in [0.717, 1.165) is 6.20 Å². The van der Waals surface area contributed by atoms with Gasteiger partial charge in [-0.25, -0.2) is 0 Å². The zero-order valence-corrected chi connectivity index (χ0v) is 7.80. The van der Waals surface area contributed by atoms with Crippen LogP contribution in [0.4, 0.5) is 11.4 Å². The topological polar surface area (TPSA) is 105 Å². The van der Waals surface area contributed by atoms with Crippen molar-refractivity contribution in [1.82, 2.24) is 0 Å². The predicted molar refractivity (Wildman–Crippen MR) is 49.8 cm³/mol. The summed E-state index contributed by atoms with van der Waals surface area (Å²) in [4.78, 5) is 10.2. The average molecular weight is 211 g/mol. The van der Waals surface area contributed by atoms with E-state index in [-0.39, 0.29) is 18.0 Å². The molecule has 0 radical (unpaired) electrons. The van der Waals surface area contributed by atoms with Crippen LogP contribution in [0.15, 0.2) is 6.20 Å². The van der Waals surface area contributed by atoms with Gasteiger partial charge in [-0.05, 0) is 0 Å². The summed E-state index contributed by atoms with van der Waals surface area (Å²) >= 11 is 0. The molecule has 0 unspecified atom stereocenters. The Morgan fingerprint density at radius 2 is 2.33 bits per heavy atom. The lowest BCUT2D eigenvalue weighted by Crippen LogP contribution is -2.37. The second kappa shape index (κ2) is 3.35. The van der Waals surface area contributed by atoms with Crippen molar-refractivity contribution in [3.05, 3.63) is 32.8 Å². The Balaban J connectivity index is 2.68. The molecule has 80 valence electrons. The number of hydrogen-bond donors (Lipinski definition) is 1. The van der Waals surface area contributed by atoms with Crippen LogP contribution in [0.25, 0.3) is 0 Å². The number of nitrogen functional groups attached to an aromatic ring is 1. The maximum Gasteiger partial charge on any atom is 0.310 e. The molecule has 7 nitrogen and oxygen atoms in total. The zero-order valence-electron chi connectivity index (χ0n) is 7.80. The largest absolute Gasteiger partial charge is 0.618 e. The van der Waals surface area contributed by atoms with E-state index >= 15 is 0 Å². The molecule has 0 saturated carbocycles. The highest BCUT2D eigenvalue weighted by molar-refractivity contribution is 5.60. The fourth-order valence-corrected chi connectivity index (χ4v) is 1.68. The first kappa shape index (κ1) is 9.66. The fraction of sp³-hybridized carbons (Fsp3) is 0.375. The zero-order chi connectivity index (χ0) is 11.0. The van der Waals surface area contributed by atoms with Crippen LogP contribution < -0.4 is 10.5 Å². The number of nitrogens with two attached hydrogens (primary N) is 1. The Bertz CT molecular complexity index is 432. The molecule has 0 spiro atoms. The normalized spacial score (nSPS) is 14.7. The molecule has 1 aromatic heterocycles. The van der Waals surface area contributed by atoms with Crippen molar-refractivity contribution >= 4 is 11.4 Å². The van der Waals surface area contributed by atoms with Gasteiger partial charge >= 0.3 is 5.69 Å². The lowest BCUT2D eigenvalue weighted by Gasteiger charge is -2.15. The number of fused-ring (bicyclic) bond motifs is 1. The molecule has 0 atom stereocenters. The first-order valence-corrected chi connectivity index (χ1v) is 4.36. The summed E-state index contributed by atoms with van der Waals surface area (Å²) in [7, 11) is 0. The Morgan fingerprint density at radius 3 is 3.00 bits per heavy atom. The minimum atomic E-state index is -0.581. The molecule has 2 heterocycles. The summed E-state index contributed by atoms with van der Waals surface area (Å²) in [5.74, 6) is 0. The van der Waals surface area contributed by atoms with Crippen molar-refractivity contribution in [3.63, 3.8) is 0 Å². The van der Waals surface area contributed by atoms with Crippen LogP contribution in [-0.2, 0) is 17.8 Å². The lowest BCUT2D eigenvalue weighted by atomic mass is 10.1. The summed E-state index contributed by atoms with van der Waals surface area (Å²) in [5, 5.41) is 22.2. The molecule has 0 saturated heterocycles. The van der Waals surface area contributed by atoms with Crippen LogP contribution >= 0.6 is 0 Å². The van der Waals surface area contributed by atoms with Gasteiger partial charge in [-0.2, -0.15) is 4.73 Å². The highest BCUT2D eigenvalue weighted by Crippen LogP contribution is 2.29. The van der Waals surface area contributed by atoms with Gasteiger partial charge in [-0.15, -0.1) is 0 Å². The summed E-state index contributed by atoms with van der Waals surface area (Å²) in [5.41, 5.74) is 5.76. The van der Waals surface area contributed by atoms with Crippen molar-refractivity contribution in [2.45, 2.75) is 13.0 Å². The van der Waals surface area contributed by atoms with E-state index in [1.807, 2.05) is 0 Å². The molecule has 0 aliphatic carbocycles. The fourth-order valence-electron chi connectivity index (χ4n) is 1.68. The number of anilines is 1. The van der Waals surface area contributed by atoms with Crippen LogP contribution in [0.2, 0.25) is 0 Å². The maximum absolute atomic E-state index is 11.4. The molecular formula is C8H9N3O4. The number of ether oxygens (including phenoxy) is 1. The molecule has 2 rings (SSSR count). The van der Waals surface area contributed by atoms with Gasteiger partial charge in [-0.1, -0.05) is 0 Å². The number of hydrogen-bond acceptors (Lipinski definition) is 5. The lowest BCUT2D eigenvalue weighted by molar-refractivity contribution is -0.615. The summed E-state index contributed by atoms with van der Waals surface area (Å²) in [6.45, 7) is 0.467. The molecular weight excluding hydrogens is 202 g/mol. The summed E-state index contributed by atoms with van der Waals surface area (Å²) < 4.78 is 5.67. The first-order valence-electron chi connectivity index (χ1n) is 4.36. The van der Waals surface area contributed by atoms with Gasteiger partial charge in [0, 0.05) is 0 Å². The van der Waals surface area contributed by atoms with E-state index in [4.69, 9.17) is 10.5 Å². The molecule has 1 aliphatic rings. The second-order valence-electron chi connectivity index (χ2n) is 3.24. The Kier molecular flexibility index (Phi) is 2.16. The van der Waals surface area contributed by atoms with Crippen LogP contribution in [0.3, 0.4) is 0 Å². The van der Waals surface area contributed by atoms with Crippen molar-refractivity contribution in [3.8, 4) is 0 Å². The molecule has 0 fully saturated rings. The van der Waals surface area contributed by atoms with Gasteiger partial charge in [0.25, 0.3) is 0 Å². The van der Waals surface area contributed by atoms with E-state index in [1.54, 1.807) is 0 Å². The third-order valence-electron chi connectivity index (χ3n) is 2.34. The highest BCUT2D eigenvalue weighted by atomic mass is 16.6. The Hall–Kier alpha value is -1.89. The van der Waals surface area contributed by atoms with Crippen LogP contribution in [0.5, 0.6) is 0 Å². The molecule has 0 amide bonds. The molecule has 0 bridgehead atoms. The minimum Gasteiger partial charge on any atom is -0.618 e. The Labute approximate surface area is 84.8 Å². The van der Waals surface area contributed by atoms with Gasteiger partial charge < -0.3 is 15.7 Å². The van der Waals surface area contributed by atoms with E-state index < -0.39 is 4.92 Å². The van der Waals surface area contributed by atoms with Crippen molar-refractivity contribution in [1.29, 1.82) is 0 Å². The standard InChI is InChI=1S/C8H9N3O4/c9-6-3-10(12)7-1-2-15-4-5(7)8(6)11(13)14/h3H,1-2,4,9H2. The third-order valence-corrected chi connectivity index (χ3v) is 2.34. The average Bonchev–Trinajstić information content (AvgIpc) is 2.17. The predicted octanol–water partition coefficient (Wildman–Crippen LogP) is -0.117. The summed E-state index contributed by atoms with van der Waals surface area (Å²) in [6.07, 6.45) is 1.40. The van der Waals surface area contributed by atoms with Gasteiger partial charge in [0.05, 0.1) is 24.6 Å². The number of pyridine rings is 1. The Morgan fingerprint density at radius 1 is 1.60 bits per heavy atom. The van der Waals surface area contributed by atoms with Gasteiger partial charge in [0.2, 0.25) is 11.9 Å². The van der Waals surface area contributed by atoms with E-state index in [9.17, 15) is 15.3 Å². The second-order valence-corrected chi connectivity index (χ2v) is 3.24. The van der Waals surface area contributed by atoms with Crippen LogP contribution in [-0.4, -0.2) is 11.5 Å². The number of nitro groups is 1. The SMILES string of the molecule is Nc1c[n+]([O-])c2c(c1[N+](=O)[O-])COCC2. The molecule has 1 aromatic rings. The summed E-state index contributed by atoms with van der Waals surface area (Å²) in [6, 6.07) is 0. The smallest absolute Gasteiger partial charge is 0.310 e. The molecule has 0 aromatic carbocycles. The van der Waals surface area contributed by atoms with Gasteiger partial charge in [-0.3, -0.25) is 10.1 Å². The van der Waals surface area contributed by atoms with Gasteiger partial charge in [0.15, 0.2) is 5.69 Å². The number of aromatic nitrogens is 1. The monoisotopic (exact) mass is 211 g/mol. The maximum atomic E-state index is 11.4. The number of rotatable bonds is 1. The van der Waals surface area contributed by atoms with E-state index in [1.165, 1.54) is 0 Å². The van der Waals surface area contributed by atoms with Crippen molar-refractivity contribution in [2.75, 3.05) is 12.3 Å². The van der Waals surface area contributed by atoms with E-state index in [0.29, 0.717) is 29.0 Å². The molecule has 2 N–H and O–H groups in total. The minimum absolute atomic E-state index is 0.0684. The molecule has 1 aliphatic heterocycles. The highest BCUT2D eigenvalue weighted by Gasteiger charge is 2.30. The molecule has 7 heteroatoms. The van der Waals surface area contributed by atoms with Crippen molar-refractivity contribution in [2.24, 2.45) is 0 Å². The van der Waals surface area contributed by atoms with Crippen molar-refractivity contribution < 1.29 is 14.4 Å². The third kappa shape index (κ3) is 1.46. The van der Waals surface area contributed by atoms with Crippen LogP contribution in [0, 0.1) is 15.3 Å². The van der Waals surface area contributed by atoms with Crippen LogP contribution in [0.1, 0.15) is 11.3 Å². The van der Waals surface area contributed by atoms with E-state index in [2.05, 4.69) is 0 Å². The van der Waals surface area contributed by atoms with Gasteiger partial charge in [0.1, 0.15) is 5.56 Å². The number of nitrogens with zero attached hydrogens (tertiary/aromatic N) is 2. The molecule has 15 heavy (non-hydrogen) atoms. The quantitative estimate of drug-likeness (QED) is 0.302.